The molecule has 1 aliphatic rings. The van der Waals surface area contributed by atoms with E-state index in [-0.39, 0.29) is 16.3 Å². The number of benzene rings is 1. The fourth-order valence-electron chi connectivity index (χ4n) is 3.91. The Bertz CT molecular complexity index is 1430. The Balaban J connectivity index is 1.91. The number of carbonyl (C=O) groups is 4. The Morgan fingerprint density at radius 2 is 1.49 bits per heavy atom. The van der Waals surface area contributed by atoms with Crippen LogP contribution in [0, 0.1) is 0 Å². The first-order valence-electron chi connectivity index (χ1n) is 11.9. The van der Waals surface area contributed by atoms with Gasteiger partial charge in [0.2, 0.25) is 10.0 Å². The minimum Gasteiger partial charge on any atom is -0.463 e. The topological polar surface area (TPSA) is 222 Å². The van der Waals surface area contributed by atoms with E-state index in [1.54, 1.807) is 0 Å². The molecule has 1 aromatic heterocycles. The highest BCUT2D eigenvalue weighted by Crippen LogP contribution is 2.31. The number of nitrogens with two attached hydrogens (primary N) is 1. The van der Waals surface area contributed by atoms with Crippen molar-refractivity contribution in [3.05, 3.63) is 36.2 Å². The van der Waals surface area contributed by atoms with Crippen LogP contribution in [0.1, 0.15) is 33.4 Å². The lowest BCUT2D eigenvalue weighted by molar-refractivity contribution is -0.238. The van der Waals surface area contributed by atoms with Crippen LogP contribution in [0.2, 0.25) is 0 Å². The van der Waals surface area contributed by atoms with Crippen molar-refractivity contribution in [1.82, 2.24) is 15.0 Å². The molecule has 6 atom stereocenters. The standard InChI is InChI=1S/C23H28N4O12S2/c1-12(28)35-10-19-20(36-13(2)29)21(37-14(3)30)22(38-15(4)31)23(39-19)40(32)11-16-9-27(26-25-16)17-5-7-18(8-6-17)41(24,33)34/h5-9,19-23H,10-11H2,1-4H3,(H2,24,33,34)/t19-,20-,21+,22-,23+,40?/m1/s1. The summed E-state index contributed by atoms with van der Waals surface area (Å²) in [6.07, 6.45) is -4.15. The van der Waals surface area contributed by atoms with Crippen LogP contribution in [-0.2, 0) is 69.4 Å². The van der Waals surface area contributed by atoms with Gasteiger partial charge >= 0.3 is 23.9 Å². The lowest BCUT2D eigenvalue weighted by Gasteiger charge is -2.43. The van der Waals surface area contributed by atoms with Crippen molar-refractivity contribution in [1.29, 1.82) is 0 Å². The van der Waals surface area contributed by atoms with Crippen LogP contribution in [0.5, 0.6) is 0 Å². The number of nitrogens with zero attached hydrogens (tertiary/aromatic N) is 3. The molecule has 0 saturated carbocycles. The van der Waals surface area contributed by atoms with E-state index in [2.05, 4.69) is 10.3 Å². The summed E-state index contributed by atoms with van der Waals surface area (Å²) in [5.41, 5.74) is -0.823. The average molecular weight is 617 g/mol. The normalized spacial score (nSPS) is 23.2. The first-order valence-corrected chi connectivity index (χ1v) is 14.8. The van der Waals surface area contributed by atoms with Gasteiger partial charge in [-0.2, -0.15) is 0 Å². The highest BCUT2D eigenvalue weighted by Gasteiger charge is 2.54. The summed E-state index contributed by atoms with van der Waals surface area (Å²) >= 11 is 0. The monoisotopic (exact) mass is 616 g/mol. The predicted molar refractivity (Wildman–Crippen MR) is 137 cm³/mol. The Morgan fingerprint density at radius 3 is 2.02 bits per heavy atom. The second kappa shape index (κ2) is 13.3. The number of hydrogen-bond donors (Lipinski definition) is 1. The van der Waals surface area contributed by atoms with E-state index < -0.39 is 81.2 Å². The summed E-state index contributed by atoms with van der Waals surface area (Å²) in [7, 11) is -5.94. The summed E-state index contributed by atoms with van der Waals surface area (Å²) in [6, 6.07) is 5.44. The molecule has 2 N–H and O–H groups in total. The van der Waals surface area contributed by atoms with Gasteiger partial charge in [-0.25, -0.2) is 18.2 Å². The summed E-state index contributed by atoms with van der Waals surface area (Å²) < 4.78 is 64.8. The van der Waals surface area contributed by atoms with Gasteiger partial charge in [-0.15, -0.1) is 5.10 Å². The molecular formula is C23H28N4O12S2. The maximum atomic E-state index is 13.6. The molecule has 1 unspecified atom stereocenters. The van der Waals surface area contributed by atoms with Crippen LogP contribution in [0.15, 0.2) is 35.4 Å². The van der Waals surface area contributed by atoms with Crippen LogP contribution in [-0.4, -0.2) is 88.0 Å². The number of rotatable bonds is 10. The van der Waals surface area contributed by atoms with Crippen molar-refractivity contribution in [3.8, 4) is 5.69 Å². The molecule has 0 amide bonds. The van der Waals surface area contributed by atoms with E-state index >= 15 is 0 Å². The fraction of sp³-hybridized carbons (Fsp3) is 0.478. The number of ether oxygens (including phenoxy) is 5. The zero-order valence-electron chi connectivity index (χ0n) is 22.3. The largest absolute Gasteiger partial charge is 0.463 e. The summed E-state index contributed by atoms with van der Waals surface area (Å²) in [5, 5.41) is 13.0. The Hall–Kier alpha value is -3.74. The molecule has 41 heavy (non-hydrogen) atoms. The van der Waals surface area contributed by atoms with Gasteiger partial charge in [-0.1, -0.05) is 5.21 Å². The lowest BCUT2D eigenvalue weighted by atomic mass is 9.99. The third-order valence-corrected chi connectivity index (χ3v) is 7.88. The van der Waals surface area contributed by atoms with Gasteiger partial charge in [0.1, 0.15) is 12.7 Å². The molecule has 2 heterocycles. The van der Waals surface area contributed by atoms with Crippen molar-refractivity contribution in [2.45, 2.75) is 68.2 Å². The molecule has 2 aromatic rings. The van der Waals surface area contributed by atoms with Gasteiger partial charge in [-0.05, 0) is 24.3 Å². The van der Waals surface area contributed by atoms with Crippen LogP contribution in [0.25, 0.3) is 5.69 Å². The van der Waals surface area contributed by atoms with Crippen LogP contribution in [0.3, 0.4) is 0 Å². The number of esters is 4. The van der Waals surface area contributed by atoms with Gasteiger partial charge < -0.3 is 23.7 Å². The van der Waals surface area contributed by atoms with E-state index in [0.717, 1.165) is 27.7 Å². The Morgan fingerprint density at radius 1 is 0.927 bits per heavy atom. The van der Waals surface area contributed by atoms with E-state index in [1.807, 2.05) is 0 Å². The molecule has 1 saturated heterocycles. The minimum atomic E-state index is -3.90. The molecule has 18 heteroatoms. The molecule has 224 valence electrons. The Kier molecular flexibility index (Phi) is 10.3. The quantitative estimate of drug-likeness (QED) is 0.256. The first kappa shape index (κ1) is 31.8. The molecule has 0 radical (unpaired) electrons. The van der Waals surface area contributed by atoms with Crippen LogP contribution in [0.4, 0.5) is 0 Å². The Labute approximate surface area is 236 Å². The minimum absolute atomic E-state index is 0.105. The predicted octanol–water partition coefficient (Wildman–Crippen LogP) is -0.753. The number of carbonyl (C=O) groups excluding carboxylic acids is 4. The molecule has 0 spiro atoms. The van der Waals surface area contributed by atoms with Gasteiger partial charge in [0.25, 0.3) is 0 Å². The van der Waals surface area contributed by atoms with E-state index in [0.29, 0.717) is 5.69 Å². The van der Waals surface area contributed by atoms with Crippen molar-refractivity contribution >= 4 is 44.7 Å². The highest BCUT2D eigenvalue weighted by molar-refractivity contribution is 7.89. The molecule has 16 nitrogen and oxygen atoms in total. The lowest BCUT2D eigenvalue weighted by Crippen LogP contribution is -2.63. The van der Waals surface area contributed by atoms with Gasteiger partial charge in [0.15, 0.2) is 23.7 Å². The van der Waals surface area contributed by atoms with Crippen molar-refractivity contribution in [3.63, 3.8) is 0 Å². The highest BCUT2D eigenvalue weighted by atomic mass is 32.2. The van der Waals surface area contributed by atoms with E-state index in [1.165, 1.54) is 35.1 Å². The molecule has 0 bridgehead atoms. The zero-order chi connectivity index (χ0) is 30.5. The first-order chi connectivity index (χ1) is 19.1. The SMILES string of the molecule is CC(=O)OC[C@H]1O[C@@H](S(=O)Cc2cn(-c3ccc(S(N)(=O)=O)cc3)nn2)[C@H](OC(C)=O)[C@@H](OC(C)=O)[C@@H]1OC(C)=O. The second-order valence-corrected chi connectivity index (χ2v) is 11.9. The van der Waals surface area contributed by atoms with Crippen molar-refractivity contribution in [2.75, 3.05) is 6.61 Å². The number of primary sulfonamides is 1. The molecule has 1 aliphatic heterocycles. The second-order valence-electron chi connectivity index (χ2n) is 8.79. The third-order valence-electron chi connectivity index (χ3n) is 5.47. The summed E-state index contributed by atoms with van der Waals surface area (Å²) in [4.78, 5) is 47.2. The average Bonchev–Trinajstić information content (AvgIpc) is 3.32. The number of sulfonamides is 1. The number of hydrogen-bond acceptors (Lipinski definition) is 14. The van der Waals surface area contributed by atoms with Crippen LogP contribution < -0.4 is 5.14 Å². The molecule has 0 aliphatic carbocycles. The molecule has 1 fully saturated rings. The van der Waals surface area contributed by atoms with Gasteiger partial charge in [-0.3, -0.25) is 23.4 Å². The molecule has 1 aromatic carbocycles. The smallest absolute Gasteiger partial charge is 0.303 e. The summed E-state index contributed by atoms with van der Waals surface area (Å²) in [6.45, 7) is 3.91. The molecule has 3 rings (SSSR count). The van der Waals surface area contributed by atoms with Crippen molar-refractivity contribution in [2.24, 2.45) is 5.14 Å². The third kappa shape index (κ3) is 8.62. The van der Waals surface area contributed by atoms with Crippen molar-refractivity contribution < 1.29 is 55.5 Å². The number of aromatic nitrogens is 3. The zero-order valence-corrected chi connectivity index (χ0v) is 24.0. The van der Waals surface area contributed by atoms with Gasteiger partial charge in [0, 0.05) is 27.7 Å². The summed E-state index contributed by atoms with van der Waals surface area (Å²) in [5.74, 6) is -3.42. The van der Waals surface area contributed by atoms with E-state index in [9.17, 15) is 31.8 Å². The van der Waals surface area contributed by atoms with Crippen LogP contribution >= 0.6 is 0 Å². The maximum absolute atomic E-state index is 13.6. The molecular weight excluding hydrogens is 588 g/mol. The van der Waals surface area contributed by atoms with E-state index in [4.69, 9.17) is 28.8 Å². The maximum Gasteiger partial charge on any atom is 0.303 e. The van der Waals surface area contributed by atoms with Gasteiger partial charge in [0.05, 0.1) is 39.0 Å². The fourth-order valence-corrected chi connectivity index (χ4v) is 5.79.